The van der Waals surface area contributed by atoms with E-state index in [-0.39, 0.29) is 11.7 Å². The second-order valence-corrected chi connectivity index (χ2v) is 6.57. The minimum Gasteiger partial charge on any atom is -0.459 e. The summed E-state index contributed by atoms with van der Waals surface area (Å²) in [6, 6.07) is 17.0. The third-order valence-electron chi connectivity index (χ3n) is 3.92. The lowest BCUT2D eigenvalue weighted by atomic mass is 10.2. The molecule has 3 rings (SSSR count). The number of benzene rings is 2. The van der Waals surface area contributed by atoms with E-state index in [9.17, 15) is 9.59 Å². The highest BCUT2D eigenvalue weighted by atomic mass is 32.1. The molecule has 0 bridgehead atoms. The fourth-order valence-corrected chi connectivity index (χ4v) is 2.63. The van der Waals surface area contributed by atoms with Crippen molar-refractivity contribution < 1.29 is 14.0 Å². The molecule has 28 heavy (non-hydrogen) atoms. The first-order valence-corrected chi connectivity index (χ1v) is 8.86. The molecule has 0 aliphatic rings. The maximum absolute atomic E-state index is 12.5. The smallest absolute Gasteiger partial charge is 0.336 e. The Kier molecular flexibility index (Phi) is 5.90. The highest BCUT2D eigenvalue weighted by molar-refractivity contribution is 7.82. The van der Waals surface area contributed by atoms with Crippen molar-refractivity contribution in [1.82, 2.24) is 0 Å². The van der Waals surface area contributed by atoms with Crippen molar-refractivity contribution in [3.05, 3.63) is 72.7 Å². The molecule has 144 valence electrons. The molecule has 0 saturated carbocycles. The molecule has 1 heterocycles. The summed E-state index contributed by atoms with van der Waals surface area (Å²) < 4.78 is 6.25. The fourth-order valence-electron chi connectivity index (χ4n) is 2.44. The number of anilines is 4. The van der Waals surface area contributed by atoms with Crippen LogP contribution >= 0.6 is 12.8 Å². The van der Waals surface area contributed by atoms with E-state index in [1.165, 1.54) is 10.6 Å². The number of hydrogen-bond acceptors (Lipinski definition) is 5. The first-order chi connectivity index (χ1) is 13.4. The number of carbonyl (C=O) groups is 2. The molecule has 0 radical (unpaired) electrons. The Morgan fingerprint density at radius 1 is 0.893 bits per heavy atom. The third kappa shape index (κ3) is 4.66. The van der Waals surface area contributed by atoms with Crippen molar-refractivity contribution in [2.24, 2.45) is 0 Å². The topological polar surface area (TPSA) is 77.8 Å². The quantitative estimate of drug-likeness (QED) is 0.556. The normalized spacial score (nSPS) is 10.2. The molecule has 2 aromatic carbocycles. The predicted molar refractivity (Wildman–Crippen MR) is 114 cm³/mol. The van der Waals surface area contributed by atoms with Gasteiger partial charge in [-0.05, 0) is 54.6 Å². The number of furan rings is 1. The number of rotatable bonds is 5. The van der Waals surface area contributed by atoms with Gasteiger partial charge in [-0.2, -0.15) is 0 Å². The summed E-state index contributed by atoms with van der Waals surface area (Å²) in [6.07, 6.45) is 1.43. The third-order valence-corrected chi connectivity index (χ3v) is 4.33. The summed E-state index contributed by atoms with van der Waals surface area (Å²) in [5.41, 5.74) is 2.77. The lowest BCUT2D eigenvalue weighted by molar-refractivity contribution is 0.0996. The summed E-state index contributed by atoms with van der Waals surface area (Å²) in [7, 11) is 3.86. The lowest BCUT2D eigenvalue weighted by Crippen LogP contribution is -2.26. The van der Waals surface area contributed by atoms with E-state index in [0.717, 1.165) is 5.69 Å². The van der Waals surface area contributed by atoms with Gasteiger partial charge in [-0.25, -0.2) is 9.10 Å². The highest BCUT2D eigenvalue weighted by Gasteiger charge is 2.14. The summed E-state index contributed by atoms with van der Waals surface area (Å²) in [5, 5.41) is 5.52. The number of carbonyl (C=O) groups excluding carboxylic acids is 2. The number of amides is 3. The van der Waals surface area contributed by atoms with Crippen LogP contribution in [0.5, 0.6) is 0 Å². The Labute approximate surface area is 168 Å². The average Bonchev–Trinajstić information content (AvgIpc) is 3.23. The number of urea groups is 1. The van der Waals surface area contributed by atoms with Crippen LogP contribution in [0.1, 0.15) is 10.6 Å². The van der Waals surface area contributed by atoms with Gasteiger partial charge in [-0.15, -0.1) is 0 Å². The van der Waals surface area contributed by atoms with Crippen LogP contribution in [-0.4, -0.2) is 26.0 Å². The van der Waals surface area contributed by atoms with Gasteiger partial charge >= 0.3 is 6.03 Å². The molecule has 3 amide bonds. The van der Waals surface area contributed by atoms with Gasteiger partial charge in [0.05, 0.1) is 12.0 Å². The summed E-state index contributed by atoms with van der Waals surface area (Å²) >= 11 is 4.27. The molecule has 0 aliphatic heterocycles. The molecule has 3 aromatic rings. The van der Waals surface area contributed by atoms with Crippen LogP contribution < -0.4 is 19.8 Å². The van der Waals surface area contributed by atoms with E-state index in [0.29, 0.717) is 17.1 Å². The Morgan fingerprint density at radius 3 is 2.29 bits per heavy atom. The average molecular weight is 396 g/mol. The minimum absolute atomic E-state index is 0.222. The van der Waals surface area contributed by atoms with Crippen molar-refractivity contribution in [3.8, 4) is 0 Å². The maximum Gasteiger partial charge on any atom is 0.336 e. The van der Waals surface area contributed by atoms with Crippen LogP contribution in [0.15, 0.2) is 71.3 Å². The SMILES string of the molecule is CN(C)c1cccc(NC(=O)N(S)c2ccc(NC(=O)c3ccco3)cc2)c1. The van der Waals surface area contributed by atoms with Crippen LogP contribution in [0.3, 0.4) is 0 Å². The van der Waals surface area contributed by atoms with E-state index in [1.807, 2.05) is 37.2 Å². The van der Waals surface area contributed by atoms with E-state index < -0.39 is 6.03 Å². The number of thiol groups is 1. The largest absolute Gasteiger partial charge is 0.459 e. The summed E-state index contributed by atoms with van der Waals surface area (Å²) in [4.78, 5) is 26.4. The Hall–Kier alpha value is -3.39. The van der Waals surface area contributed by atoms with E-state index in [4.69, 9.17) is 4.42 Å². The Balaban J connectivity index is 1.63. The second-order valence-electron chi connectivity index (χ2n) is 6.17. The van der Waals surface area contributed by atoms with Crippen molar-refractivity contribution >= 4 is 47.5 Å². The second kappa shape index (κ2) is 8.53. The maximum atomic E-state index is 12.5. The van der Waals surface area contributed by atoms with Crippen molar-refractivity contribution in [3.63, 3.8) is 0 Å². The highest BCUT2D eigenvalue weighted by Crippen LogP contribution is 2.22. The zero-order valence-corrected chi connectivity index (χ0v) is 16.3. The molecular weight excluding hydrogens is 376 g/mol. The van der Waals surface area contributed by atoms with Gasteiger partial charge in [0.25, 0.3) is 5.91 Å². The molecule has 0 fully saturated rings. The first kappa shape index (κ1) is 19.4. The van der Waals surface area contributed by atoms with Crippen molar-refractivity contribution in [1.29, 1.82) is 0 Å². The zero-order valence-electron chi connectivity index (χ0n) is 15.4. The van der Waals surface area contributed by atoms with E-state index in [2.05, 4.69) is 23.4 Å². The predicted octanol–water partition coefficient (Wildman–Crippen LogP) is 4.48. The van der Waals surface area contributed by atoms with Crippen LogP contribution in [0.4, 0.5) is 27.5 Å². The van der Waals surface area contributed by atoms with Gasteiger partial charge in [0.15, 0.2) is 5.76 Å². The zero-order chi connectivity index (χ0) is 20.1. The minimum atomic E-state index is -0.397. The van der Waals surface area contributed by atoms with Gasteiger partial charge in [0.2, 0.25) is 0 Å². The molecule has 0 aliphatic carbocycles. The number of nitrogens with one attached hydrogen (secondary N) is 2. The van der Waals surface area contributed by atoms with Crippen LogP contribution in [0.25, 0.3) is 0 Å². The van der Waals surface area contributed by atoms with E-state index in [1.54, 1.807) is 42.5 Å². The molecule has 7 nitrogen and oxygen atoms in total. The molecule has 8 heteroatoms. The van der Waals surface area contributed by atoms with Crippen LogP contribution in [0.2, 0.25) is 0 Å². The van der Waals surface area contributed by atoms with Crippen molar-refractivity contribution in [2.45, 2.75) is 0 Å². The Morgan fingerprint density at radius 2 is 1.64 bits per heavy atom. The monoisotopic (exact) mass is 396 g/mol. The van der Waals surface area contributed by atoms with Gasteiger partial charge in [-0.1, -0.05) is 18.9 Å². The van der Waals surface area contributed by atoms with Gasteiger partial charge in [-0.3, -0.25) is 4.79 Å². The van der Waals surface area contributed by atoms with Crippen molar-refractivity contribution in [2.75, 3.05) is 33.9 Å². The lowest BCUT2D eigenvalue weighted by Gasteiger charge is -2.18. The molecule has 1 aromatic heterocycles. The number of nitrogens with zero attached hydrogens (tertiary/aromatic N) is 2. The molecule has 2 N–H and O–H groups in total. The number of hydrogen-bond donors (Lipinski definition) is 3. The van der Waals surface area contributed by atoms with Gasteiger partial charge in [0, 0.05) is 31.2 Å². The Bertz CT molecular complexity index is 956. The van der Waals surface area contributed by atoms with Gasteiger partial charge < -0.3 is 20.0 Å². The van der Waals surface area contributed by atoms with Gasteiger partial charge in [0.1, 0.15) is 0 Å². The van der Waals surface area contributed by atoms with Crippen LogP contribution in [0, 0.1) is 0 Å². The molecule has 0 atom stereocenters. The fraction of sp³-hybridized carbons (Fsp3) is 0.100. The standard InChI is InChI=1S/C20H20N4O3S/c1-23(2)17-6-3-5-15(13-17)22-20(26)24(28)16-10-8-14(9-11-16)21-19(25)18-7-4-12-27-18/h3-13,28H,1-2H3,(H,21,25)(H,22,26). The summed E-state index contributed by atoms with van der Waals surface area (Å²) in [6.45, 7) is 0. The first-order valence-electron chi connectivity index (χ1n) is 8.46. The molecular formula is C20H20N4O3S. The molecule has 0 unspecified atom stereocenters. The molecule has 0 saturated heterocycles. The molecule has 0 spiro atoms. The summed E-state index contributed by atoms with van der Waals surface area (Å²) in [5.74, 6) is -0.127. The van der Waals surface area contributed by atoms with Crippen LogP contribution in [-0.2, 0) is 0 Å². The van der Waals surface area contributed by atoms with E-state index >= 15 is 0 Å².